The average Bonchev–Trinajstić information content (AvgIpc) is 2.47. The molecule has 0 aliphatic carbocycles. The highest BCUT2D eigenvalue weighted by Gasteiger charge is 2.07. The molecular weight excluding hydrogens is 238 g/mol. The summed E-state index contributed by atoms with van der Waals surface area (Å²) in [5, 5.41) is 9.89. The second kappa shape index (κ2) is 6.92. The Bertz CT molecular complexity index is 499. The zero-order chi connectivity index (χ0) is 13.5. The summed E-state index contributed by atoms with van der Waals surface area (Å²) in [6.45, 7) is 0.994. The molecule has 1 atom stereocenters. The van der Waals surface area contributed by atoms with E-state index in [-0.39, 0.29) is 0 Å². The molecule has 0 spiro atoms. The average molecular weight is 257 g/mol. The van der Waals surface area contributed by atoms with E-state index >= 15 is 0 Å². The molecule has 19 heavy (non-hydrogen) atoms. The van der Waals surface area contributed by atoms with Crippen LogP contribution in [0, 0.1) is 0 Å². The lowest BCUT2D eigenvalue weighted by Gasteiger charge is -2.12. The van der Waals surface area contributed by atoms with Crippen LogP contribution in [0.15, 0.2) is 54.6 Å². The molecule has 0 unspecified atom stereocenters. The van der Waals surface area contributed by atoms with Crippen LogP contribution in [0.3, 0.4) is 0 Å². The van der Waals surface area contributed by atoms with Crippen LogP contribution in [0.4, 0.5) is 0 Å². The Morgan fingerprint density at radius 1 is 1.05 bits per heavy atom. The Hall–Kier alpha value is -1.84. The van der Waals surface area contributed by atoms with Crippen molar-refractivity contribution in [2.24, 2.45) is 5.73 Å². The summed E-state index contributed by atoms with van der Waals surface area (Å²) in [4.78, 5) is 0. The van der Waals surface area contributed by atoms with Gasteiger partial charge in [0.05, 0.1) is 6.10 Å². The smallest absolute Gasteiger partial charge is 0.120 e. The minimum absolute atomic E-state index is 0.469. The zero-order valence-corrected chi connectivity index (χ0v) is 10.8. The molecule has 0 fully saturated rings. The number of hydrogen-bond donors (Lipinski definition) is 2. The van der Waals surface area contributed by atoms with Crippen LogP contribution in [-0.2, 0) is 6.61 Å². The topological polar surface area (TPSA) is 55.5 Å². The molecular formula is C16H19NO2. The van der Waals surface area contributed by atoms with E-state index in [0.29, 0.717) is 19.6 Å². The van der Waals surface area contributed by atoms with Crippen molar-refractivity contribution in [1.29, 1.82) is 0 Å². The molecule has 0 saturated carbocycles. The quantitative estimate of drug-likeness (QED) is 0.836. The number of nitrogens with two attached hydrogens (primary N) is 1. The van der Waals surface area contributed by atoms with Crippen molar-refractivity contribution in [2.75, 3.05) is 6.54 Å². The van der Waals surface area contributed by atoms with Gasteiger partial charge in [-0.1, -0.05) is 42.5 Å². The lowest BCUT2D eigenvalue weighted by molar-refractivity contribution is 0.169. The van der Waals surface area contributed by atoms with Gasteiger partial charge in [0.15, 0.2) is 0 Å². The highest BCUT2D eigenvalue weighted by molar-refractivity contribution is 5.30. The SMILES string of the molecule is NCC[C@H](O)c1cccc(OCc2ccccc2)c1. The number of rotatable bonds is 6. The van der Waals surface area contributed by atoms with Crippen molar-refractivity contribution < 1.29 is 9.84 Å². The molecule has 0 saturated heterocycles. The largest absolute Gasteiger partial charge is 0.489 e. The summed E-state index contributed by atoms with van der Waals surface area (Å²) in [5.74, 6) is 0.762. The summed E-state index contributed by atoms with van der Waals surface area (Å²) in [6, 6.07) is 17.5. The van der Waals surface area contributed by atoms with E-state index in [1.165, 1.54) is 0 Å². The first-order valence-electron chi connectivity index (χ1n) is 6.44. The van der Waals surface area contributed by atoms with Crippen molar-refractivity contribution in [3.63, 3.8) is 0 Å². The summed E-state index contributed by atoms with van der Waals surface area (Å²) in [7, 11) is 0. The zero-order valence-electron chi connectivity index (χ0n) is 10.8. The monoisotopic (exact) mass is 257 g/mol. The molecule has 2 rings (SSSR count). The van der Waals surface area contributed by atoms with Crippen molar-refractivity contribution >= 4 is 0 Å². The van der Waals surface area contributed by atoms with Crippen molar-refractivity contribution in [2.45, 2.75) is 19.1 Å². The Kier molecular flexibility index (Phi) is 4.95. The third kappa shape index (κ3) is 4.09. The predicted molar refractivity (Wildman–Crippen MR) is 75.8 cm³/mol. The molecule has 2 aromatic carbocycles. The van der Waals surface area contributed by atoms with Gasteiger partial charge < -0.3 is 15.6 Å². The van der Waals surface area contributed by atoms with Crippen molar-refractivity contribution in [1.82, 2.24) is 0 Å². The first-order valence-corrected chi connectivity index (χ1v) is 6.44. The van der Waals surface area contributed by atoms with Gasteiger partial charge in [-0.15, -0.1) is 0 Å². The van der Waals surface area contributed by atoms with Crippen molar-refractivity contribution in [3.8, 4) is 5.75 Å². The molecule has 0 aromatic heterocycles. The van der Waals surface area contributed by atoms with Crippen LogP contribution in [-0.4, -0.2) is 11.7 Å². The first-order chi connectivity index (χ1) is 9.29. The van der Waals surface area contributed by atoms with E-state index < -0.39 is 6.10 Å². The molecule has 100 valence electrons. The van der Waals surface area contributed by atoms with Gasteiger partial charge in [0.1, 0.15) is 12.4 Å². The van der Waals surface area contributed by atoms with E-state index in [9.17, 15) is 5.11 Å². The molecule has 3 heteroatoms. The maximum Gasteiger partial charge on any atom is 0.120 e. The summed E-state index contributed by atoms with van der Waals surface area (Å²) in [6.07, 6.45) is 0.0348. The molecule has 0 aliphatic rings. The summed E-state index contributed by atoms with van der Waals surface area (Å²) < 4.78 is 5.72. The maximum absolute atomic E-state index is 9.89. The lowest BCUT2D eigenvalue weighted by Crippen LogP contribution is -2.06. The molecule has 3 nitrogen and oxygen atoms in total. The van der Waals surface area contributed by atoms with E-state index in [1.807, 2.05) is 54.6 Å². The number of aliphatic hydroxyl groups excluding tert-OH is 1. The molecule has 3 N–H and O–H groups in total. The molecule has 0 bridgehead atoms. The number of ether oxygens (including phenoxy) is 1. The molecule has 0 heterocycles. The van der Waals surface area contributed by atoms with Gasteiger partial charge in [0, 0.05) is 0 Å². The van der Waals surface area contributed by atoms with Gasteiger partial charge in [-0.2, -0.15) is 0 Å². The van der Waals surface area contributed by atoms with Crippen LogP contribution in [0.5, 0.6) is 5.75 Å². The standard InChI is InChI=1S/C16H19NO2/c17-10-9-16(18)14-7-4-8-15(11-14)19-12-13-5-2-1-3-6-13/h1-8,11,16,18H,9-10,12,17H2/t16-/m0/s1. The highest BCUT2D eigenvalue weighted by atomic mass is 16.5. The second-order valence-electron chi connectivity index (χ2n) is 4.44. The van der Waals surface area contributed by atoms with E-state index in [2.05, 4.69) is 0 Å². The minimum atomic E-state index is -0.523. The Balaban J connectivity index is 1.99. The van der Waals surface area contributed by atoms with Crippen LogP contribution in [0.1, 0.15) is 23.7 Å². The minimum Gasteiger partial charge on any atom is -0.489 e. The number of aliphatic hydroxyl groups is 1. The van der Waals surface area contributed by atoms with E-state index in [1.54, 1.807) is 0 Å². The van der Waals surface area contributed by atoms with Crippen LogP contribution >= 0.6 is 0 Å². The fourth-order valence-electron chi connectivity index (χ4n) is 1.88. The molecule has 0 amide bonds. The Morgan fingerprint density at radius 3 is 2.58 bits per heavy atom. The van der Waals surface area contributed by atoms with Gasteiger partial charge >= 0.3 is 0 Å². The van der Waals surface area contributed by atoms with Gasteiger partial charge in [-0.05, 0) is 36.2 Å². The van der Waals surface area contributed by atoms with Gasteiger partial charge in [0.25, 0.3) is 0 Å². The predicted octanol–water partition coefficient (Wildman–Crippen LogP) is 2.65. The fourth-order valence-corrected chi connectivity index (χ4v) is 1.88. The van der Waals surface area contributed by atoms with E-state index in [4.69, 9.17) is 10.5 Å². The first kappa shape index (κ1) is 13.6. The lowest BCUT2D eigenvalue weighted by atomic mass is 10.1. The normalized spacial score (nSPS) is 12.1. The van der Waals surface area contributed by atoms with Crippen LogP contribution in [0.25, 0.3) is 0 Å². The highest BCUT2D eigenvalue weighted by Crippen LogP contribution is 2.21. The van der Waals surface area contributed by atoms with Crippen molar-refractivity contribution in [3.05, 3.63) is 65.7 Å². The third-order valence-corrected chi connectivity index (χ3v) is 2.93. The number of hydrogen-bond acceptors (Lipinski definition) is 3. The Labute approximate surface area is 113 Å². The van der Waals surface area contributed by atoms with Gasteiger partial charge in [-0.3, -0.25) is 0 Å². The van der Waals surface area contributed by atoms with Gasteiger partial charge in [0.2, 0.25) is 0 Å². The molecule has 2 aromatic rings. The summed E-state index contributed by atoms with van der Waals surface area (Å²) in [5.41, 5.74) is 7.41. The molecule has 0 radical (unpaired) electrons. The number of benzene rings is 2. The van der Waals surface area contributed by atoms with Crippen LogP contribution < -0.4 is 10.5 Å². The third-order valence-electron chi connectivity index (χ3n) is 2.93. The Morgan fingerprint density at radius 2 is 1.84 bits per heavy atom. The van der Waals surface area contributed by atoms with E-state index in [0.717, 1.165) is 16.9 Å². The second-order valence-corrected chi connectivity index (χ2v) is 4.44. The van der Waals surface area contributed by atoms with Gasteiger partial charge in [-0.25, -0.2) is 0 Å². The van der Waals surface area contributed by atoms with Crippen LogP contribution in [0.2, 0.25) is 0 Å². The fraction of sp³-hybridized carbons (Fsp3) is 0.250. The summed E-state index contributed by atoms with van der Waals surface area (Å²) >= 11 is 0. The maximum atomic E-state index is 9.89. The molecule has 0 aliphatic heterocycles.